The Morgan fingerprint density at radius 3 is 2.21 bits per heavy atom. The molecule has 0 bridgehead atoms. The molecule has 1 heterocycles. The summed E-state index contributed by atoms with van der Waals surface area (Å²) >= 11 is 0. The largest absolute Gasteiger partial charge is 0.458 e. The van der Waals surface area contributed by atoms with Crippen LogP contribution in [0.4, 0.5) is 0 Å². The van der Waals surface area contributed by atoms with Crippen molar-refractivity contribution in [2.75, 3.05) is 6.54 Å². The zero-order valence-electron chi connectivity index (χ0n) is 25.1. The minimum Gasteiger partial charge on any atom is -0.458 e. The minimum absolute atomic E-state index is 0.00419. The van der Waals surface area contributed by atoms with Gasteiger partial charge in [-0.3, -0.25) is 24.0 Å². The normalized spacial score (nSPS) is 15.0. The van der Waals surface area contributed by atoms with Crippen LogP contribution in [0.25, 0.3) is 0 Å². The number of ether oxygens (including phenoxy) is 1. The van der Waals surface area contributed by atoms with Gasteiger partial charge in [-0.15, -0.1) is 0 Å². The third kappa shape index (κ3) is 11.1. The van der Waals surface area contributed by atoms with Gasteiger partial charge in [-0.2, -0.15) is 0 Å². The standard InChI is InChI=1S/C30H50N4O5/c1-22(2)15-16-26(35)34(33(20-23(3)4)28(37)19-27(36)32-18-17-31-21-32)25(29(38)39-30(5,6)7)14-10-13-24-11-8-9-12-24/h17-18,21-25H,8-16,19-20H2,1-7H3/t25-/m1/s1. The van der Waals surface area contributed by atoms with Gasteiger partial charge >= 0.3 is 5.97 Å². The summed E-state index contributed by atoms with van der Waals surface area (Å²) in [7, 11) is 0. The highest BCUT2D eigenvalue weighted by molar-refractivity contribution is 5.99. The van der Waals surface area contributed by atoms with Gasteiger partial charge < -0.3 is 4.74 Å². The molecule has 0 N–H and O–H groups in total. The van der Waals surface area contributed by atoms with E-state index in [9.17, 15) is 19.2 Å². The molecule has 1 aliphatic carbocycles. The van der Waals surface area contributed by atoms with Crippen LogP contribution < -0.4 is 0 Å². The van der Waals surface area contributed by atoms with Crippen LogP contribution in [0.5, 0.6) is 0 Å². The lowest BCUT2D eigenvalue weighted by atomic mass is 9.98. The maximum Gasteiger partial charge on any atom is 0.331 e. The molecule has 0 aromatic carbocycles. The van der Waals surface area contributed by atoms with Crippen molar-refractivity contribution in [1.82, 2.24) is 19.6 Å². The average Bonchev–Trinajstić information content (AvgIpc) is 3.54. The van der Waals surface area contributed by atoms with Crippen LogP contribution in [0.3, 0.4) is 0 Å². The molecule has 0 radical (unpaired) electrons. The molecule has 1 aromatic rings. The monoisotopic (exact) mass is 546 g/mol. The molecule has 1 atom stereocenters. The third-order valence-corrected chi connectivity index (χ3v) is 6.91. The van der Waals surface area contributed by atoms with Crippen molar-refractivity contribution in [3.8, 4) is 0 Å². The molecule has 9 nitrogen and oxygen atoms in total. The molecule has 9 heteroatoms. The summed E-state index contributed by atoms with van der Waals surface area (Å²) < 4.78 is 7.06. The summed E-state index contributed by atoms with van der Waals surface area (Å²) in [5, 5.41) is 2.68. The SMILES string of the molecule is CC(C)CCC(=O)N([C@H](CCCC1CCCC1)C(=O)OC(C)(C)C)N(CC(C)C)C(=O)CC(=O)n1ccnc1. The number of hydrogen-bond donors (Lipinski definition) is 0. The molecular weight excluding hydrogens is 496 g/mol. The van der Waals surface area contributed by atoms with Gasteiger partial charge in [-0.05, 0) is 51.4 Å². The number of esters is 1. The molecule has 0 saturated heterocycles. The number of aromatic nitrogens is 2. The number of carbonyl (C=O) groups is 4. The Labute approximate surface area is 234 Å². The van der Waals surface area contributed by atoms with E-state index in [1.807, 2.05) is 27.7 Å². The molecule has 1 saturated carbocycles. The fourth-order valence-corrected chi connectivity index (χ4v) is 4.99. The first-order valence-corrected chi connectivity index (χ1v) is 14.6. The van der Waals surface area contributed by atoms with Crippen molar-refractivity contribution in [3.05, 3.63) is 18.7 Å². The van der Waals surface area contributed by atoms with Gasteiger partial charge in [-0.25, -0.2) is 14.8 Å². The van der Waals surface area contributed by atoms with E-state index >= 15 is 0 Å². The van der Waals surface area contributed by atoms with E-state index in [1.165, 1.54) is 59.0 Å². The smallest absolute Gasteiger partial charge is 0.331 e. The second-order valence-electron chi connectivity index (χ2n) is 12.7. The number of amides is 2. The van der Waals surface area contributed by atoms with Crippen LogP contribution in [-0.4, -0.2) is 61.4 Å². The fourth-order valence-electron chi connectivity index (χ4n) is 4.99. The van der Waals surface area contributed by atoms with Crippen LogP contribution in [0.2, 0.25) is 0 Å². The highest BCUT2D eigenvalue weighted by Gasteiger charge is 2.39. The first kappa shape index (κ1) is 32.5. The second-order valence-corrected chi connectivity index (χ2v) is 12.7. The van der Waals surface area contributed by atoms with Crippen molar-refractivity contribution in [2.45, 2.75) is 124 Å². The topological polar surface area (TPSA) is 102 Å². The Morgan fingerprint density at radius 1 is 1.00 bits per heavy atom. The molecule has 220 valence electrons. The van der Waals surface area contributed by atoms with Crippen molar-refractivity contribution >= 4 is 23.7 Å². The first-order chi connectivity index (χ1) is 18.3. The van der Waals surface area contributed by atoms with E-state index in [0.29, 0.717) is 18.8 Å². The van der Waals surface area contributed by atoms with Crippen LogP contribution in [-0.2, 0) is 19.1 Å². The summed E-state index contributed by atoms with van der Waals surface area (Å²) in [5.41, 5.74) is -0.752. The lowest BCUT2D eigenvalue weighted by molar-refractivity contribution is -0.185. The van der Waals surface area contributed by atoms with E-state index < -0.39 is 35.8 Å². The summed E-state index contributed by atoms with van der Waals surface area (Å²) in [4.78, 5) is 57.9. The first-order valence-electron chi connectivity index (χ1n) is 14.6. The highest BCUT2D eigenvalue weighted by atomic mass is 16.6. The number of nitrogens with zero attached hydrogens (tertiary/aromatic N) is 4. The van der Waals surface area contributed by atoms with E-state index in [0.717, 1.165) is 12.8 Å². The van der Waals surface area contributed by atoms with Gasteiger partial charge in [0.15, 0.2) is 6.04 Å². The van der Waals surface area contributed by atoms with Crippen LogP contribution in [0.15, 0.2) is 18.7 Å². The van der Waals surface area contributed by atoms with Crippen LogP contribution >= 0.6 is 0 Å². The zero-order chi connectivity index (χ0) is 29.2. The molecule has 1 fully saturated rings. The second kappa shape index (κ2) is 15.2. The summed E-state index contributed by atoms with van der Waals surface area (Å²) in [6.45, 7) is 13.5. The van der Waals surface area contributed by atoms with Gasteiger partial charge in [-0.1, -0.05) is 66.2 Å². The number of hydrazine groups is 1. The number of rotatable bonds is 13. The van der Waals surface area contributed by atoms with Crippen LogP contribution in [0, 0.1) is 17.8 Å². The van der Waals surface area contributed by atoms with Gasteiger partial charge in [0, 0.05) is 25.4 Å². The van der Waals surface area contributed by atoms with E-state index in [-0.39, 0.29) is 30.7 Å². The summed E-state index contributed by atoms with van der Waals surface area (Å²) in [6.07, 6.45) is 11.7. The molecule has 39 heavy (non-hydrogen) atoms. The summed E-state index contributed by atoms with van der Waals surface area (Å²) in [5.74, 6) is -0.888. The Hall–Kier alpha value is -2.71. The lowest BCUT2D eigenvalue weighted by Gasteiger charge is -2.41. The predicted molar refractivity (Wildman–Crippen MR) is 150 cm³/mol. The summed E-state index contributed by atoms with van der Waals surface area (Å²) in [6, 6.07) is -0.948. The molecule has 2 rings (SSSR count). The third-order valence-electron chi connectivity index (χ3n) is 6.91. The van der Waals surface area contributed by atoms with E-state index in [1.54, 1.807) is 20.8 Å². The number of carbonyl (C=O) groups excluding carboxylic acids is 4. The maximum atomic E-state index is 13.8. The van der Waals surface area contributed by atoms with Gasteiger partial charge in [0.25, 0.3) is 5.91 Å². The molecule has 1 aliphatic rings. The van der Waals surface area contributed by atoms with E-state index in [2.05, 4.69) is 4.98 Å². The fraction of sp³-hybridized carbons (Fsp3) is 0.767. The zero-order valence-corrected chi connectivity index (χ0v) is 25.1. The Bertz CT molecular complexity index is 930. The Balaban J connectivity index is 2.43. The molecule has 0 spiro atoms. The lowest BCUT2D eigenvalue weighted by Crippen LogP contribution is -2.59. The van der Waals surface area contributed by atoms with Crippen molar-refractivity contribution < 1.29 is 23.9 Å². The molecule has 0 unspecified atom stereocenters. The predicted octanol–water partition coefficient (Wildman–Crippen LogP) is 5.65. The number of hydrogen-bond acceptors (Lipinski definition) is 6. The van der Waals surface area contributed by atoms with Crippen LogP contribution in [0.1, 0.15) is 117 Å². The number of imidazole rings is 1. The Kier molecular flexibility index (Phi) is 12.6. The maximum absolute atomic E-state index is 13.8. The van der Waals surface area contributed by atoms with Crippen molar-refractivity contribution in [3.63, 3.8) is 0 Å². The quantitative estimate of drug-likeness (QED) is 0.180. The van der Waals surface area contributed by atoms with Gasteiger partial charge in [0.05, 0.1) is 0 Å². The van der Waals surface area contributed by atoms with Gasteiger partial charge in [0.2, 0.25) is 11.8 Å². The molecule has 2 amide bonds. The Morgan fingerprint density at radius 2 is 1.67 bits per heavy atom. The molecule has 0 aliphatic heterocycles. The average molecular weight is 547 g/mol. The van der Waals surface area contributed by atoms with Crippen molar-refractivity contribution in [2.24, 2.45) is 17.8 Å². The molecular formula is C30H50N4O5. The van der Waals surface area contributed by atoms with E-state index in [4.69, 9.17) is 4.74 Å². The molecule has 1 aromatic heterocycles. The van der Waals surface area contributed by atoms with Crippen molar-refractivity contribution in [1.29, 1.82) is 0 Å². The highest BCUT2D eigenvalue weighted by Crippen LogP contribution is 2.30. The minimum atomic E-state index is -0.948. The van der Waals surface area contributed by atoms with Gasteiger partial charge in [0.1, 0.15) is 18.3 Å².